The Balaban J connectivity index is 2.61. The van der Waals surface area contributed by atoms with Crippen molar-refractivity contribution in [3.05, 3.63) is 42.9 Å². The van der Waals surface area contributed by atoms with Crippen LogP contribution in [0.5, 0.6) is 0 Å². The van der Waals surface area contributed by atoms with Crippen molar-refractivity contribution in [2.24, 2.45) is 0 Å². The van der Waals surface area contributed by atoms with Crippen molar-refractivity contribution in [1.29, 1.82) is 0 Å². The van der Waals surface area contributed by atoms with Crippen LogP contribution in [0.3, 0.4) is 0 Å². The maximum absolute atomic E-state index is 5.22. The first-order valence-electron chi connectivity index (χ1n) is 3.83. The molecule has 0 aliphatic carbocycles. The average Bonchev–Trinajstić information content (AvgIpc) is 2.07. The third-order valence-electron chi connectivity index (χ3n) is 1.79. The van der Waals surface area contributed by atoms with Gasteiger partial charge in [0.05, 0.1) is 0 Å². The summed E-state index contributed by atoms with van der Waals surface area (Å²) in [6.45, 7) is 2.97. The summed E-state index contributed by atoms with van der Waals surface area (Å²) in [4.78, 5) is 0. The fourth-order valence-electron chi connectivity index (χ4n) is 1.08. The van der Waals surface area contributed by atoms with Gasteiger partial charge in [-0.05, 0) is 11.5 Å². The second-order valence-corrected chi connectivity index (χ2v) is 2.72. The van der Waals surface area contributed by atoms with E-state index in [0.29, 0.717) is 5.92 Å². The van der Waals surface area contributed by atoms with Gasteiger partial charge in [-0.15, -0.1) is 0 Å². The maximum Gasteiger partial charge on any atom is 0.0407 e. The fraction of sp³-hybridized carbons (Fsp3) is 0.300. The van der Waals surface area contributed by atoms with Crippen LogP contribution in [0.15, 0.2) is 30.3 Å². The molecule has 1 nitrogen and oxygen atoms in total. The van der Waals surface area contributed by atoms with E-state index in [1.165, 1.54) is 5.56 Å². The minimum Gasteiger partial charge on any atom is -0.310 e. The average molecular weight is 147 g/mol. The van der Waals surface area contributed by atoms with Crippen molar-refractivity contribution >= 4 is 0 Å². The van der Waals surface area contributed by atoms with E-state index < -0.39 is 0 Å². The highest BCUT2D eigenvalue weighted by Gasteiger charge is 2.01. The molecular formula is C10H13N. The van der Waals surface area contributed by atoms with Crippen LogP contribution in [0.1, 0.15) is 18.4 Å². The summed E-state index contributed by atoms with van der Waals surface area (Å²) in [7, 11) is 5.22. The van der Waals surface area contributed by atoms with Crippen LogP contribution in [0.4, 0.5) is 0 Å². The molecule has 0 spiro atoms. The van der Waals surface area contributed by atoms with Crippen molar-refractivity contribution in [2.75, 3.05) is 6.54 Å². The van der Waals surface area contributed by atoms with Crippen LogP contribution in [-0.4, -0.2) is 6.54 Å². The Kier molecular flexibility index (Phi) is 3.12. The highest BCUT2D eigenvalue weighted by molar-refractivity contribution is 5.18. The molecule has 1 aromatic rings. The van der Waals surface area contributed by atoms with Crippen molar-refractivity contribution < 1.29 is 0 Å². The van der Waals surface area contributed by atoms with Gasteiger partial charge in [0.15, 0.2) is 0 Å². The van der Waals surface area contributed by atoms with Crippen LogP contribution < -0.4 is 5.32 Å². The molecule has 1 unspecified atom stereocenters. The largest absolute Gasteiger partial charge is 0.310 e. The number of hydrogen-bond acceptors (Lipinski definition) is 1. The quantitative estimate of drug-likeness (QED) is 0.645. The molecule has 11 heavy (non-hydrogen) atoms. The first-order valence-corrected chi connectivity index (χ1v) is 3.83. The van der Waals surface area contributed by atoms with Crippen LogP contribution in [0, 0.1) is 7.05 Å². The van der Waals surface area contributed by atoms with Crippen molar-refractivity contribution in [2.45, 2.75) is 12.8 Å². The zero-order chi connectivity index (χ0) is 8.10. The highest BCUT2D eigenvalue weighted by atomic mass is 14.8. The summed E-state index contributed by atoms with van der Waals surface area (Å²) in [5.74, 6) is 0.487. The predicted molar refractivity (Wildman–Crippen MR) is 47.2 cm³/mol. The summed E-state index contributed by atoms with van der Waals surface area (Å²) < 4.78 is 0. The van der Waals surface area contributed by atoms with E-state index >= 15 is 0 Å². The Bertz CT molecular complexity index is 193. The van der Waals surface area contributed by atoms with Gasteiger partial charge in [-0.2, -0.15) is 0 Å². The Morgan fingerprint density at radius 2 is 2.00 bits per heavy atom. The minimum atomic E-state index is 0.487. The molecule has 58 valence electrons. The van der Waals surface area contributed by atoms with Crippen molar-refractivity contribution in [1.82, 2.24) is 5.32 Å². The number of nitrogens with one attached hydrogen (secondary N) is 1. The SMILES string of the molecule is [CH]NCC(C)c1ccccc1. The van der Waals surface area contributed by atoms with Gasteiger partial charge in [-0.1, -0.05) is 37.3 Å². The summed E-state index contributed by atoms with van der Waals surface area (Å²) in [6.07, 6.45) is 0. The molecule has 1 rings (SSSR count). The van der Waals surface area contributed by atoms with Gasteiger partial charge in [0.1, 0.15) is 0 Å². The van der Waals surface area contributed by atoms with Crippen LogP contribution in [0.2, 0.25) is 0 Å². The molecule has 0 aromatic heterocycles. The molecule has 0 saturated carbocycles. The Labute approximate surface area is 68.4 Å². The molecule has 0 saturated heterocycles. The van der Waals surface area contributed by atoms with E-state index in [2.05, 4.69) is 24.4 Å². The minimum absolute atomic E-state index is 0.487. The summed E-state index contributed by atoms with van der Waals surface area (Å²) in [5.41, 5.74) is 1.32. The topological polar surface area (TPSA) is 12.0 Å². The fourth-order valence-corrected chi connectivity index (χ4v) is 1.08. The van der Waals surface area contributed by atoms with E-state index in [9.17, 15) is 0 Å². The smallest absolute Gasteiger partial charge is 0.0407 e. The van der Waals surface area contributed by atoms with Gasteiger partial charge in [0, 0.05) is 13.6 Å². The zero-order valence-electron chi connectivity index (χ0n) is 6.75. The first-order chi connectivity index (χ1) is 5.34. The van der Waals surface area contributed by atoms with Crippen LogP contribution in [-0.2, 0) is 0 Å². The Morgan fingerprint density at radius 1 is 1.36 bits per heavy atom. The molecule has 1 N–H and O–H groups in total. The molecule has 1 aromatic carbocycles. The van der Waals surface area contributed by atoms with Gasteiger partial charge >= 0.3 is 0 Å². The third-order valence-corrected chi connectivity index (χ3v) is 1.79. The normalized spacial score (nSPS) is 12.9. The first kappa shape index (κ1) is 8.28. The van der Waals surface area contributed by atoms with E-state index in [4.69, 9.17) is 7.05 Å². The number of benzene rings is 1. The highest BCUT2D eigenvalue weighted by Crippen LogP contribution is 2.12. The monoisotopic (exact) mass is 147 g/mol. The zero-order valence-corrected chi connectivity index (χ0v) is 6.75. The number of hydrogen-bond donors (Lipinski definition) is 1. The van der Waals surface area contributed by atoms with E-state index in [1.54, 1.807) is 0 Å². The summed E-state index contributed by atoms with van der Waals surface area (Å²) >= 11 is 0. The van der Waals surface area contributed by atoms with Gasteiger partial charge < -0.3 is 5.32 Å². The lowest BCUT2D eigenvalue weighted by Gasteiger charge is -2.09. The Morgan fingerprint density at radius 3 is 2.55 bits per heavy atom. The van der Waals surface area contributed by atoms with Gasteiger partial charge in [-0.25, -0.2) is 0 Å². The van der Waals surface area contributed by atoms with E-state index in [-0.39, 0.29) is 0 Å². The van der Waals surface area contributed by atoms with Crippen molar-refractivity contribution in [3.8, 4) is 0 Å². The molecule has 1 heteroatoms. The van der Waals surface area contributed by atoms with Gasteiger partial charge in [0.2, 0.25) is 0 Å². The number of rotatable bonds is 3. The second kappa shape index (κ2) is 4.14. The molecule has 0 aliphatic heterocycles. The van der Waals surface area contributed by atoms with E-state index in [1.807, 2.05) is 18.2 Å². The second-order valence-electron chi connectivity index (χ2n) is 2.72. The van der Waals surface area contributed by atoms with Crippen molar-refractivity contribution in [3.63, 3.8) is 0 Å². The third kappa shape index (κ3) is 2.35. The van der Waals surface area contributed by atoms with Gasteiger partial charge in [0.25, 0.3) is 0 Å². The summed E-state index contributed by atoms with van der Waals surface area (Å²) in [6, 6.07) is 10.3. The molecule has 0 fully saturated rings. The molecule has 0 aliphatic rings. The summed E-state index contributed by atoms with van der Waals surface area (Å²) in [5, 5.41) is 2.67. The molecule has 0 heterocycles. The maximum atomic E-state index is 5.22. The lowest BCUT2D eigenvalue weighted by molar-refractivity contribution is 0.699. The van der Waals surface area contributed by atoms with Crippen LogP contribution in [0.25, 0.3) is 0 Å². The predicted octanol–water partition coefficient (Wildman–Crippen LogP) is 2.05. The van der Waals surface area contributed by atoms with E-state index in [0.717, 1.165) is 6.54 Å². The molecule has 2 radical (unpaired) electrons. The van der Waals surface area contributed by atoms with Crippen LogP contribution >= 0.6 is 0 Å². The molecule has 0 bridgehead atoms. The molecule has 0 amide bonds. The standard InChI is InChI=1S/C10H13N/c1-9(8-11-2)10-6-4-3-5-7-10/h2-7,9,11H,8H2,1H3. The molecule has 1 atom stereocenters. The Hall–Kier alpha value is -0.820. The lowest BCUT2D eigenvalue weighted by atomic mass is 10.0. The lowest BCUT2D eigenvalue weighted by Crippen LogP contribution is -2.12. The van der Waals surface area contributed by atoms with Gasteiger partial charge in [-0.3, -0.25) is 0 Å². The molecular weight excluding hydrogens is 134 g/mol.